The summed E-state index contributed by atoms with van der Waals surface area (Å²) in [5.41, 5.74) is 2.11. The van der Waals surface area contributed by atoms with Crippen LogP contribution in [0.25, 0.3) is 15.5 Å². The van der Waals surface area contributed by atoms with E-state index in [1.807, 2.05) is 51.1 Å². The number of benzene rings is 2. The summed E-state index contributed by atoms with van der Waals surface area (Å²) in [5, 5.41) is 19.4. The Morgan fingerprint density at radius 3 is 2.74 bits per heavy atom. The van der Waals surface area contributed by atoms with Crippen LogP contribution in [0.15, 0.2) is 48.5 Å². The number of hydrogen-bond acceptors (Lipinski definition) is 7. The van der Waals surface area contributed by atoms with Crippen LogP contribution in [-0.4, -0.2) is 36.9 Å². The maximum atomic E-state index is 12.6. The molecule has 0 aliphatic heterocycles. The van der Waals surface area contributed by atoms with E-state index < -0.39 is 0 Å². The normalized spacial score (nSPS) is 11.0. The summed E-state index contributed by atoms with van der Waals surface area (Å²) in [7, 11) is 0. The highest BCUT2D eigenvalue weighted by Gasteiger charge is 2.12. The van der Waals surface area contributed by atoms with Crippen molar-refractivity contribution in [1.29, 1.82) is 0 Å². The minimum Gasteiger partial charge on any atom is -0.491 e. The van der Waals surface area contributed by atoms with Crippen molar-refractivity contribution in [3.05, 3.63) is 59.9 Å². The zero-order valence-corrected chi connectivity index (χ0v) is 18.8. The number of ether oxygens (including phenoxy) is 1. The molecule has 2 aromatic carbocycles. The van der Waals surface area contributed by atoms with Crippen LogP contribution in [0.4, 0.5) is 5.69 Å². The van der Waals surface area contributed by atoms with Crippen molar-refractivity contribution in [3.63, 3.8) is 0 Å². The molecule has 0 radical (unpaired) electrons. The van der Waals surface area contributed by atoms with E-state index >= 15 is 0 Å². The van der Waals surface area contributed by atoms with Crippen LogP contribution in [-0.2, 0) is 0 Å². The standard InChI is InChI=1S/C21H20N6O2S2/c1-12(2)29-17-9-5-6-14(11-17)18(28)23-20(30)22-16-8-4-7-15(10-16)19-26-27-13(3)24-25-21(27)31-19/h4-12H,1-3H3,(H2,22,23,28,30). The number of hydrogen-bond donors (Lipinski definition) is 2. The highest BCUT2D eigenvalue weighted by molar-refractivity contribution is 7.80. The summed E-state index contributed by atoms with van der Waals surface area (Å²) < 4.78 is 7.35. The SMILES string of the molecule is Cc1nnc2sc(-c3cccc(NC(=S)NC(=O)c4cccc(OC(C)C)c4)c3)nn12. The Labute approximate surface area is 188 Å². The third kappa shape index (κ3) is 4.86. The van der Waals surface area contributed by atoms with Crippen LogP contribution in [0, 0.1) is 6.92 Å². The lowest BCUT2D eigenvalue weighted by molar-refractivity contribution is 0.0977. The highest BCUT2D eigenvalue weighted by Crippen LogP contribution is 2.27. The molecule has 0 saturated heterocycles. The Hall–Kier alpha value is -3.37. The van der Waals surface area contributed by atoms with E-state index in [-0.39, 0.29) is 17.1 Å². The van der Waals surface area contributed by atoms with Crippen LogP contribution in [0.1, 0.15) is 30.0 Å². The van der Waals surface area contributed by atoms with Crippen LogP contribution in [0.5, 0.6) is 5.75 Å². The number of amides is 1. The number of rotatable bonds is 5. The van der Waals surface area contributed by atoms with Gasteiger partial charge in [-0.15, -0.1) is 10.2 Å². The van der Waals surface area contributed by atoms with Crippen LogP contribution < -0.4 is 15.4 Å². The smallest absolute Gasteiger partial charge is 0.257 e. The Morgan fingerprint density at radius 2 is 1.97 bits per heavy atom. The first-order valence-electron chi connectivity index (χ1n) is 9.57. The summed E-state index contributed by atoms with van der Waals surface area (Å²) in [6.45, 7) is 5.72. The maximum Gasteiger partial charge on any atom is 0.257 e. The molecule has 0 aliphatic carbocycles. The number of aryl methyl sites for hydroxylation is 1. The Balaban J connectivity index is 1.44. The second-order valence-electron chi connectivity index (χ2n) is 7.03. The van der Waals surface area contributed by atoms with Crippen LogP contribution >= 0.6 is 23.6 Å². The van der Waals surface area contributed by atoms with Gasteiger partial charge in [-0.25, -0.2) is 0 Å². The molecule has 4 aromatic rings. The molecular formula is C21H20N6O2S2. The number of carbonyl (C=O) groups excluding carboxylic acids is 1. The molecule has 0 fully saturated rings. The van der Waals surface area contributed by atoms with Crippen molar-refractivity contribution in [2.24, 2.45) is 0 Å². The molecule has 2 heterocycles. The maximum absolute atomic E-state index is 12.6. The van der Waals surface area contributed by atoms with Gasteiger partial charge in [0.05, 0.1) is 6.10 Å². The molecular weight excluding hydrogens is 432 g/mol. The molecule has 0 saturated carbocycles. The molecule has 0 spiro atoms. The number of nitrogens with one attached hydrogen (secondary N) is 2. The predicted molar refractivity (Wildman–Crippen MR) is 125 cm³/mol. The molecule has 2 N–H and O–H groups in total. The monoisotopic (exact) mass is 452 g/mol. The lowest BCUT2D eigenvalue weighted by atomic mass is 10.2. The quantitative estimate of drug-likeness (QED) is 0.441. The van der Waals surface area contributed by atoms with Crippen LogP contribution in [0.2, 0.25) is 0 Å². The Bertz CT molecular complexity index is 1260. The number of aromatic nitrogens is 4. The number of fused-ring (bicyclic) bond motifs is 1. The summed E-state index contributed by atoms with van der Waals surface area (Å²) in [6.07, 6.45) is 0.0237. The van der Waals surface area contributed by atoms with Crippen molar-refractivity contribution < 1.29 is 9.53 Å². The molecule has 1 amide bonds. The third-order valence-corrected chi connectivity index (χ3v) is 5.36. The van der Waals surface area contributed by atoms with Gasteiger partial charge in [0, 0.05) is 16.8 Å². The van der Waals surface area contributed by atoms with Gasteiger partial charge in [0.1, 0.15) is 10.8 Å². The fraction of sp³-hybridized carbons (Fsp3) is 0.190. The third-order valence-electron chi connectivity index (χ3n) is 4.21. The van der Waals surface area contributed by atoms with E-state index in [1.54, 1.807) is 22.7 Å². The van der Waals surface area contributed by atoms with Gasteiger partial charge in [0.2, 0.25) is 4.96 Å². The summed E-state index contributed by atoms with van der Waals surface area (Å²) in [6, 6.07) is 14.6. The van der Waals surface area contributed by atoms with Crippen molar-refractivity contribution in [3.8, 4) is 16.3 Å². The lowest BCUT2D eigenvalue weighted by Crippen LogP contribution is -2.34. The fourth-order valence-electron chi connectivity index (χ4n) is 2.88. The average Bonchev–Trinajstić information content (AvgIpc) is 3.30. The van der Waals surface area contributed by atoms with Gasteiger partial charge in [0.25, 0.3) is 5.91 Å². The molecule has 31 heavy (non-hydrogen) atoms. The molecule has 0 atom stereocenters. The predicted octanol–water partition coefficient (Wildman–Crippen LogP) is 4.08. The van der Waals surface area contributed by atoms with E-state index in [0.29, 0.717) is 11.3 Å². The second kappa shape index (κ2) is 8.78. The lowest BCUT2D eigenvalue weighted by Gasteiger charge is -2.12. The topological polar surface area (TPSA) is 93.4 Å². The second-order valence-corrected chi connectivity index (χ2v) is 8.40. The number of carbonyl (C=O) groups is 1. The summed E-state index contributed by atoms with van der Waals surface area (Å²) in [4.78, 5) is 13.3. The largest absolute Gasteiger partial charge is 0.491 e. The van der Waals surface area contributed by atoms with Gasteiger partial charge in [-0.1, -0.05) is 29.5 Å². The molecule has 0 bridgehead atoms. The van der Waals surface area contributed by atoms with E-state index in [0.717, 1.165) is 27.0 Å². The zero-order valence-electron chi connectivity index (χ0n) is 17.1. The molecule has 2 aromatic heterocycles. The van der Waals surface area contributed by atoms with Gasteiger partial charge in [-0.3, -0.25) is 10.1 Å². The Kier molecular flexibility index (Phi) is 5.92. The van der Waals surface area contributed by atoms with Gasteiger partial charge >= 0.3 is 0 Å². The number of nitrogens with zero attached hydrogens (tertiary/aromatic N) is 4. The molecule has 8 nitrogen and oxygen atoms in total. The first kappa shape index (κ1) is 20.9. The minimum atomic E-state index is -0.313. The average molecular weight is 453 g/mol. The van der Waals surface area contributed by atoms with E-state index in [4.69, 9.17) is 17.0 Å². The van der Waals surface area contributed by atoms with Gasteiger partial charge < -0.3 is 10.1 Å². The van der Waals surface area contributed by atoms with Gasteiger partial charge in [0.15, 0.2) is 10.9 Å². The van der Waals surface area contributed by atoms with Crippen molar-refractivity contribution in [1.82, 2.24) is 25.1 Å². The van der Waals surface area contributed by atoms with Crippen molar-refractivity contribution >= 4 is 45.2 Å². The molecule has 0 aliphatic rings. The van der Waals surface area contributed by atoms with Crippen molar-refractivity contribution in [2.45, 2.75) is 26.9 Å². The summed E-state index contributed by atoms with van der Waals surface area (Å²) >= 11 is 6.77. The molecule has 4 rings (SSSR count). The first-order chi connectivity index (χ1) is 14.9. The number of anilines is 1. The van der Waals surface area contributed by atoms with Gasteiger partial charge in [-0.05, 0) is 63.3 Å². The van der Waals surface area contributed by atoms with Gasteiger partial charge in [-0.2, -0.15) is 9.61 Å². The zero-order chi connectivity index (χ0) is 22.0. The van der Waals surface area contributed by atoms with E-state index in [2.05, 4.69) is 25.9 Å². The minimum absolute atomic E-state index is 0.0237. The van der Waals surface area contributed by atoms with Crippen molar-refractivity contribution in [2.75, 3.05) is 5.32 Å². The first-order valence-corrected chi connectivity index (χ1v) is 10.8. The Morgan fingerprint density at radius 1 is 1.16 bits per heavy atom. The fourth-order valence-corrected chi connectivity index (χ4v) is 3.97. The highest BCUT2D eigenvalue weighted by atomic mass is 32.1. The molecule has 0 unspecified atom stereocenters. The number of thiocarbonyl (C=S) groups is 1. The summed E-state index contributed by atoms with van der Waals surface area (Å²) in [5.74, 6) is 1.06. The molecule has 158 valence electrons. The van der Waals surface area contributed by atoms with E-state index in [1.165, 1.54) is 11.3 Å². The molecule has 10 heteroatoms. The van der Waals surface area contributed by atoms with E-state index in [9.17, 15) is 4.79 Å². The van der Waals surface area contributed by atoms with Crippen LogP contribution in [0.3, 0.4) is 0 Å².